The van der Waals surface area contributed by atoms with Crippen LogP contribution in [-0.4, -0.2) is 35.8 Å². The lowest BCUT2D eigenvalue weighted by atomic mass is 10.1. The van der Waals surface area contributed by atoms with E-state index in [-0.39, 0.29) is 23.8 Å². The number of rotatable bonds is 3. The van der Waals surface area contributed by atoms with Crippen molar-refractivity contribution in [2.45, 2.75) is 38.1 Å². The molecule has 0 spiro atoms. The Morgan fingerprint density at radius 1 is 1.05 bits per heavy atom. The number of hydrogen-bond donors (Lipinski definition) is 1. The first kappa shape index (κ1) is 14.1. The lowest BCUT2D eigenvalue weighted by Gasteiger charge is -2.18. The van der Waals surface area contributed by atoms with Crippen molar-refractivity contribution in [3.63, 3.8) is 0 Å². The van der Waals surface area contributed by atoms with E-state index < -0.39 is 0 Å². The van der Waals surface area contributed by atoms with Crippen molar-refractivity contribution in [3.8, 4) is 0 Å². The zero-order valence-electron chi connectivity index (χ0n) is 12.3. The van der Waals surface area contributed by atoms with Gasteiger partial charge in [0.2, 0.25) is 5.91 Å². The molecule has 1 aliphatic carbocycles. The summed E-state index contributed by atoms with van der Waals surface area (Å²) in [6, 6.07) is 9.46. The fourth-order valence-electron chi connectivity index (χ4n) is 3.33. The van der Waals surface area contributed by atoms with E-state index in [0.717, 1.165) is 31.4 Å². The summed E-state index contributed by atoms with van der Waals surface area (Å²) in [4.78, 5) is 26.3. The maximum absolute atomic E-state index is 12.3. The summed E-state index contributed by atoms with van der Waals surface area (Å²) in [7, 11) is 0. The summed E-state index contributed by atoms with van der Waals surface area (Å²) in [6.07, 6.45) is 5.23. The van der Waals surface area contributed by atoms with Crippen LogP contribution in [0.2, 0.25) is 0 Å². The Morgan fingerprint density at radius 3 is 2.48 bits per heavy atom. The molecule has 1 atom stereocenters. The molecular formula is C17H22N2O2. The predicted octanol–water partition coefficient (Wildman–Crippen LogP) is 2.21. The van der Waals surface area contributed by atoms with E-state index in [1.165, 1.54) is 12.8 Å². The summed E-state index contributed by atoms with van der Waals surface area (Å²) in [5.41, 5.74) is 0.722. The summed E-state index contributed by atoms with van der Waals surface area (Å²) in [5.74, 6) is 0.448. The summed E-state index contributed by atoms with van der Waals surface area (Å²) in [6.45, 7) is 1.36. The molecule has 2 amide bonds. The molecule has 3 rings (SSSR count). The van der Waals surface area contributed by atoms with Crippen LogP contribution in [-0.2, 0) is 4.79 Å². The topological polar surface area (TPSA) is 49.4 Å². The van der Waals surface area contributed by atoms with E-state index in [2.05, 4.69) is 5.32 Å². The Bertz CT molecular complexity index is 509. The summed E-state index contributed by atoms with van der Waals surface area (Å²) in [5, 5.41) is 3.12. The molecule has 1 saturated carbocycles. The second kappa shape index (κ2) is 6.29. The zero-order valence-corrected chi connectivity index (χ0v) is 12.3. The van der Waals surface area contributed by atoms with Crippen LogP contribution in [0.15, 0.2) is 30.3 Å². The number of likely N-dealkylation sites (tertiary alicyclic amines) is 1. The summed E-state index contributed by atoms with van der Waals surface area (Å²) < 4.78 is 0. The maximum atomic E-state index is 12.3. The van der Waals surface area contributed by atoms with Crippen molar-refractivity contribution < 1.29 is 9.59 Å². The van der Waals surface area contributed by atoms with Gasteiger partial charge in [-0.15, -0.1) is 0 Å². The van der Waals surface area contributed by atoms with Gasteiger partial charge in [0.1, 0.15) is 0 Å². The smallest absolute Gasteiger partial charge is 0.253 e. The molecule has 1 aliphatic heterocycles. The van der Waals surface area contributed by atoms with Crippen molar-refractivity contribution in [3.05, 3.63) is 35.9 Å². The number of nitrogens with one attached hydrogen (secondary N) is 1. The van der Waals surface area contributed by atoms with Crippen molar-refractivity contribution >= 4 is 11.8 Å². The third-order valence-corrected chi connectivity index (χ3v) is 4.57. The van der Waals surface area contributed by atoms with Gasteiger partial charge in [-0.3, -0.25) is 9.59 Å². The van der Waals surface area contributed by atoms with Gasteiger partial charge in [0.25, 0.3) is 5.91 Å². The minimum atomic E-state index is 0.0632. The Hall–Kier alpha value is -1.84. The molecule has 1 aromatic rings. The Morgan fingerprint density at radius 2 is 1.76 bits per heavy atom. The predicted molar refractivity (Wildman–Crippen MR) is 80.9 cm³/mol. The van der Waals surface area contributed by atoms with Crippen LogP contribution in [0.1, 0.15) is 42.5 Å². The van der Waals surface area contributed by atoms with E-state index in [1.54, 1.807) is 0 Å². The Labute approximate surface area is 125 Å². The molecule has 21 heavy (non-hydrogen) atoms. The lowest BCUT2D eigenvalue weighted by molar-refractivity contribution is -0.125. The Kier molecular flexibility index (Phi) is 4.23. The first-order valence-corrected chi connectivity index (χ1v) is 7.89. The lowest BCUT2D eigenvalue weighted by Crippen LogP contribution is -2.40. The minimum Gasteiger partial charge on any atom is -0.351 e. The number of carbonyl (C=O) groups excluding carboxylic acids is 2. The van der Waals surface area contributed by atoms with Crippen LogP contribution in [0.3, 0.4) is 0 Å². The second-order valence-corrected chi connectivity index (χ2v) is 6.09. The minimum absolute atomic E-state index is 0.0632. The van der Waals surface area contributed by atoms with Crippen LogP contribution >= 0.6 is 0 Å². The van der Waals surface area contributed by atoms with Gasteiger partial charge in [0, 0.05) is 30.6 Å². The maximum Gasteiger partial charge on any atom is 0.253 e. The van der Waals surface area contributed by atoms with Gasteiger partial charge < -0.3 is 10.2 Å². The highest BCUT2D eigenvalue weighted by Gasteiger charge is 2.30. The molecule has 1 heterocycles. The molecular weight excluding hydrogens is 264 g/mol. The fraction of sp³-hybridized carbons (Fsp3) is 0.529. The molecule has 112 valence electrons. The normalized spacial score (nSPS) is 22.5. The average Bonchev–Trinajstić information content (AvgIpc) is 3.19. The second-order valence-electron chi connectivity index (χ2n) is 6.09. The molecule has 1 aromatic carbocycles. The molecule has 0 unspecified atom stereocenters. The van der Waals surface area contributed by atoms with E-state index in [4.69, 9.17) is 0 Å². The largest absolute Gasteiger partial charge is 0.351 e. The average molecular weight is 286 g/mol. The third-order valence-electron chi connectivity index (χ3n) is 4.57. The Balaban J connectivity index is 1.53. The number of benzene rings is 1. The summed E-state index contributed by atoms with van der Waals surface area (Å²) >= 11 is 0. The van der Waals surface area contributed by atoms with Crippen LogP contribution in [0, 0.1) is 5.92 Å². The van der Waals surface area contributed by atoms with Gasteiger partial charge in [-0.25, -0.2) is 0 Å². The molecule has 2 fully saturated rings. The van der Waals surface area contributed by atoms with Crippen molar-refractivity contribution in [1.29, 1.82) is 0 Å². The third kappa shape index (κ3) is 3.26. The van der Waals surface area contributed by atoms with Gasteiger partial charge >= 0.3 is 0 Å². The standard InChI is InChI=1S/C17H22N2O2/c20-16(13-6-4-5-7-13)18-15-10-11-19(12-15)17(21)14-8-2-1-3-9-14/h1-3,8-9,13,15H,4-7,10-12H2,(H,18,20)/t15-/m0/s1. The number of carbonyl (C=O) groups is 2. The van der Waals surface area contributed by atoms with Crippen LogP contribution in [0.5, 0.6) is 0 Å². The molecule has 0 aromatic heterocycles. The highest BCUT2D eigenvalue weighted by Crippen LogP contribution is 2.25. The number of amides is 2. The number of hydrogen-bond acceptors (Lipinski definition) is 2. The van der Waals surface area contributed by atoms with Crippen molar-refractivity contribution in [1.82, 2.24) is 10.2 Å². The van der Waals surface area contributed by atoms with Crippen LogP contribution < -0.4 is 5.32 Å². The van der Waals surface area contributed by atoms with Crippen LogP contribution in [0.4, 0.5) is 0 Å². The van der Waals surface area contributed by atoms with Crippen molar-refractivity contribution in [2.24, 2.45) is 5.92 Å². The van der Waals surface area contributed by atoms with Gasteiger partial charge in [0.15, 0.2) is 0 Å². The number of nitrogens with zero attached hydrogens (tertiary/aromatic N) is 1. The highest BCUT2D eigenvalue weighted by atomic mass is 16.2. The first-order valence-electron chi connectivity index (χ1n) is 7.89. The molecule has 0 radical (unpaired) electrons. The van der Waals surface area contributed by atoms with Crippen molar-refractivity contribution in [2.75, 3.05) is 13.1 Å². The quantitative estimate of drug-likeness (QED) is 0.926. The molecule has 4 heteroatoms. The molecule has 1 saturated heterocycles. The van der Waals surface area contributed by atoms with Gasteiger partial charge in [-0.1, -0.05) is 31.0 Å². The first-order chi connectivity index (χ1) is 10.2. The molecule has 2 aliphatic rings. The highest BCUT2D eigenvalue weighted by molar-refractivity contribution is 5.94. The van der Waals surface area contributed by atoms with E-state index >= 15 is 0 Å². The van der Waals surface area contributed by atoms with Gasteiger partial charge in [-0.2, -0.15) is 0 Å². The van der Waals surface area contributed by atoms with Crippen LogP contribution in [0.25, 0.3) is 0 Å². The molecule has 1 N–H and O–H groups in total. The van der Waals surface area contributed by atoms with E-state index in [9.17, 15) is 9.59 Å². The molecule has 4 nitrogen and oxygen atoms in total. The SMILES string of the molecule is O=C(N[C@H]1CCN(C(=O)c2ccccc2)C1)C1CCCC1. The van der Waals surface area contributed by atoms with E-state index in [0.29, 0.717) is 6.54 Å². The van der Waals surface area contributed by atoms with Gasteiger partial charge in [-0.05, 0) is 31.4 Å². The zero-order chi connectivity index (χ0) is 14.7. The van der Waals surface area contributed by atoms with Gasteiger partial charge in [0.05, 0.1) is 0 Å². The van der Waals surface area contributed by atoms with E-state index in [1.807, 2.05) is 35.2 Å². The monoisotopic (exact) mass is 286 g/mol. The molecule has 0 bridgehead atoms. The fourth-order valence-corrected chi connectivity index (χ4v) is 3.33.